The topological polar surface area (TPSA) is 92.0 Å². The van der Waals surface area contributed by atoms with Crippen LogP contribution in [0.4, 0.5) is 4.39 Å². The maximum atomic E-state index is 14.3. The van der Waals surface area contributed by atoms with Crippen molar-refractivity contribution in [2.24, 2.45) is 5.92 Å². The van der Waals surface area contributed by atoms with E-state index in [9.17, 15) is 19.1 Å². The molecule has 5 atom stereocenters. The smallest absolute Gasteiger partial charge is 0.287 e. The highest BCUT2D eigenvalue weighted by Gasteiger charge is 2.53. The molecule has 0 unspecified atom stereocenters. The van der Waals surface area contributed by atoms with E-state index in [2.05, 4.69) is 5.32 Å². The maximum absolute atomic E-state index is 14.3. The molecule has 2 aromatic rings. The van der Waals surface area contributed by atoms with Crippen molar-refractivity contribution >= 4 is 22.8 Å². The second kappa shape index (κ2) is 7.76. The van der Waals surface area contributed by atoms with Gasteiger partial charge in [0.2, 0.25) is 5.91 Å². The number of aliphatic hydroxyl groups excluding tert-OH is 1. The van der Waals surface area contributed by atoms with Crippen molar-refractivity contribution in [1.82, 2.24) is 10.2 Å². The zero-order chi connectivity index (χ0) is 20.7. The van der Waals surface area contributed by atoms with Gasteiger partial charge in [-0.25, -0.2) is 4.39 Å². The fourth-order valence-electron chi connectivity index (χ4n) is 4.20. The fourth-order valence-corrected chi connectivity index (χ4v) is 4.20. The molecule has 2 saturated heterocycles. The molecule has 0 spiro atoms. The highest BCUT2D eigenvalue weighted by molar-refractivity contribution is 5.98. The minimum atomic E-state index is -1.35. The Hall–Kier alpha value is -2.45. The van der Waals surface area contributed by atoms with Gasteiger partial charge in [0, 0.05) is 5.39 Å². The average Bonchev–Trinajstić information content (AvgIpc) is 3.36. The van der Waals surface area contributed by atoms with E-state index < -0.39 is 42.3 Å². The van der Waals surface area contributed by atoms with E-state index in [4.69, 9.17) is 9.15 Å². The van der Waals surface area contributed by atoms with E-state index in [1.54, 1.807) is 12.1 Å². The number of benzene rings is 1. The number of likely N-dealkylation sites (tertiary alicyclic amines) is 1. The van der Waals surface area contributed by atoms with Crippen LogP contribution in [-0.4, -0.2) is 65.4 Å². The van der Waals surface area contributed by atoms with E-state index >= 15 is 0 Å². The van der Waals surface area contributed by atoms with Gasteiger partial charge >= 0.3 is 0 Å². The van der Waals surface area contributed by atoms with Crippen LogP contribution in [0, 0.1) is 5.92 Å². The number of para-hydroxylation sites is 1. The van der Waals surface area contributed by atoms with Gasteiger partial charge in [-0.1, -0.05) is 32.0 Å². The fraction of sp³-hybridized carbons (Fsp3) is 0.524. The zero-order valence-electron chi connectivity index (χ0n) is 16.4. The number of ether oxygens (including phenoxy) is 1. The number of amides is 2. The summed E-state index contributed by atoms with van der Waals surface area (Å²) < 4.78 is 25.2. The standard InChI is InChI=1S/C21H25FN2O5/c1-11(2)7-14(21(27)24-9-13(22)19-18(24)15(25)10-28-19)23-20(26)17-8-12-5-3-4-6-16(12)29-17/h3-6,8,11,13-15,18-19,25H,7,9-10H2,1-2H3,(H,23,26)/t13-,14-,15-,18+,19+/m0/s1. The quantitative estimate of drug-likeness (QED) is 0.794. The van der Waals surface area contributed by atoms with Crippen molar-refractivity contribution in [3.05, 3.63) is 36.1 Å². The van der Waals surface area contributed by atoms with Crippen molar-refractivity contribution in [3.63, 3.8) is 0 Å². The lowest BCUT2D eigenvalue weighted by Crippen LogP contribution is -2.53. The molecule has 3 heterocycles. The van der Waals surface area contributed by atoms with Crippen LogP contribution in [0.1, 0.15) is 30.8 Å². The first kappa shape index (κ1) is 19.8. The zero-order valence-corrected chi connectivity index (χ0v) is 16.4. The average molecular weight is 404 g/mol. The number of halogens is 1. The van der Waals surface area contributed by atoms with Gasteiger partial charge in [-0.05, 0) is 24.5 Å². The summed E-state index contributed by atoms with van der Waals surface area (Å²) in [5, 5.41) is 13.7. The van der Waals surface area contributed by atoms with E-state index in [0.29, 0.717) is 12.0 Å². The number of nitrogens with one attached hydrogen (secondary N) is 1. The summed E-state index contributed by atoms with van der Waals surface area (Å²) >= 11 is 0. The highest BCUT2D eigenvalue weighted by atomic mass is 19.1. The molecule has 8 heteroatoms. The number of carbonyl (C=O) groups excluding carboxylic acids is 2. The molecule has 7 nitrogen and oxygen atoms in total. The summed E-state index contributed by atoms with van der Waals surface area (Å²) in [5.41, 5.74) is 0.582. The Kier molecular flexibility index (Phi) is 5.31. The van der Waals surface area contributed by atoms with Gasteiger partial charge in [0.1, 0.15) is 30.0 Å². The van der Waals surface area contributed by atoms with Crippen molar-refractivity contribution in [1.29, 1.82) is 0 Å². The molecule has 1 aromatic carbocycles. The number of fused-ring (bicyclic) bond motifs is 2. The van der Waals surface area contributed by atoms with E-state index in [-0.39, 0.29) is 24.8 Å². The molecule has 0 bridgehead atoms. The predicted octanol–water partition coefficient (Wildman–Crippen LogP) is 1.89. The Labute approximate surface area is 167 Å². The molecule has 2 N–H and O–H groups in total. The normalized spacial score (nSPS) is 27.4. The SMILES string of the molecule is CC(C)C[C@H](NC(=O)c1cc2ccccc2o1)C(=O)N1C[C@H](F)[C@H]2OC[C@H](O)[C@H]21. The van der Waals surface area contributed by atoms with Gasteiger partial charge in [0.05, 0.1) is 19.2 Å². The van der Waals surface area contributed by atoms with Gasteiger partial charge in [-0.2, -0.15) is 0 Å². The van der Waals surface area contributed by atoms with E-state index in [1.165, 1.54) is 4.90 Å². The summed E-state index contributed by atoms with van der Waals surface area (Å²) in [5.74, 6) is -0.692. The lowest BCUT2D eigenvalue weighted by molar-refractivity contribution is -0.136. The monoisotopic (exact) mass is 404 g/mol. The Balaban J connectivity index is 1.54. The summed E-state index contributed by atoms with van der Waals surface area (Å²) in [7, 11) is 0. The second-order valence-corrected chi connectivity index (χ2v) is 8.17. The molecule has 29 heavy (non-hydrogen) atoms. The molecule has 2 aliphatic rings. The molecule has 1 aromatic heterocycles. The molecular formula is C21H25FN2O5. The number of furan rings is 1. The van der Waals surface area contributed by atoms with Gasteiger partial charge in [-0.3, -0.25) is 9.59 Å². The molecule has 2 aliphatic heterocycles. The Morgan fingerprint density at radius 1 is 1.34 bits per heavy atom. The highest BCUT2D eigenvalue weighted by Crippen LogP contribution is 2.32. The minimum Gasteiger partial charge on any atom is -0.451 e. The van der Waals surface area contributed by atoms with Gasteiger partial charge in [0.15, 0.2) is 5.76 Å². The largest absolute Gasteiger partial charge is 0.451 e. The van der Waals surface area contributed by atoms with Gasteiger partial charge < -0.3 is 24.5 Å². The van der Waals surface area contributed by atoms with Crippen LogP contribution in [0.2, 0.25) is 0 Å². The lowest BCUT2D eigenvalue weighted by Gasteiger charge is -2.30. The summed E-state index contributed by atoms with van der Waals surface area (Å²) in [4.78, 5) is 27.3. The van der Waals surface area contributed by atoms with Crippen molar-refractivity contribution in [2.45, 2.75) is 50.7 Å². The third kappa shape index (κ3) is 3.74. The third-order valence-electron chi connectivity index (χ3n) is 5.52. The minimum absolute atomic E-state index is 0.000274. The molecular weight excluding hydrogens is 379 g/mol. The molecule has 2 fully saturated rings. The van der Waals surface area contributed by atoms with Crippen LogP contribution < -0.4 is 5.32 Å². The second-order valence-electron chi connectivity index (χ2n) is 8.17. The lowest BCUT2D eigenvalue weighted by atomic mass is 10.0. The van der Waals surface area contributed by atoms with Crippen molar-refractivity contribution in [3.8, 4) is 0 Å². The Morgan fingerprint density at radius 3 is 2.83 bits per heavy atom. The predicted molar refractivity (Wildman–Crippen MR) is 103 cm³/mol. The first-order valence-electron chi connectivity index (χ1n) is 9.89. The molecule has 2 amide bonds. The summed E-state index contributed by atoms with van der Waals surface area (Å²) in [6.45, 7) is 3.72. The number of aliphatic hydroxyl groups is 1. The number of nitrogens with zero attached hydrogens (tertiary/aromatic N) is 1. The van der Waals surface area contributed by atoms with Crippen molar-refractivity contribution < 1.29 is 28.2 Å². The third-order valence-corrected chi connectivity index (χ3v) is 5.52. The van der Waals surface area contributed by atoms with Gasteiger partial charge in [0.25, 0.3) is 5.91 Å². The molecule has 156 valence electrons. The van der Waals surface area contributed by atoms with Gasteiger partial charge in [-0.15, -0.1) is 0 Å². The van der Waals surface area contributed by atoms with Crippen molar-refractivity contribution in [2.75, 3.05) is 13.2 Å². The number of alkyl halides is 1. The first-order valence-corrected chi connectivity index (χ1v) is 9.89. The van der Waals surface area contributed by atoms with Crippen LogP contribution in [0.15, 0.2) is 34.7 Å². The number of hydrogen-bond donors (Lipinski definition) is 2. The van der Waals surface area contributed by atoms with E-state index in [0.717, 1.165) is 5.39 Å². The number of hydrogen-bond acceptors (Lipinski definition) is 5. The Morgan fingerprint density at radius 2 is 2.10 bits per heavy atom. The number of carbonyl (C=O) groups is 2. The maximum Gasteiger partial charge on any atom is 0.287 e. The summed E-state index contributed by atoms with van der Waals surface area (Å²) in [6, 6.07) is 7.29. The summed E-state index contributed by atoms with van der Waals surface area (Å²) in [6.07, 6.45) is -2.73. The Bertz CT molecular complexity index is 880. The first-order chi connectivity index (χ1) is 13.8. The van der Waals surface area contributed by atoms with Crippen LogP contribution >= 0.6 is 0 Å². The van der Waals surface area contributed by atoms with Crippen LogP contribution in [0.25, 0.3) is 11.0 Å². The number of rotatable bonds is 5. The van der Waals surface area contributed by atoms with Crippen LogP contribution in [-0.2, 0) is 9.53 Å². The molecule has 0 radical (unpaired) electrons. The molecule has 0 saturated carbocycles. The van der Waals surface area contributed by atoms with Crippen LogP contribution in [0.3, 0.4) is 0 Å². The molecule has 0 aliphatic carbocycles. The van der Waals surface area contributed by atoms with E-state index in [1.807, 2.05) is 32.0 Å². The molecule has 4 rings (SSSR count). The van der Waals surface area contributed by atoms with Crippen LogP contribution in [0.5, 0.6) is 0 Å².